The molecule has 0 fully saturated rings. The van der Waals surface area contributed by atoms with Crippen molar-refractivity contribution < 1.29 is 18.0 Å². The molecule has 0 saturated heterocycles. The van der Waals surface area contributed by atoms with Crippen LogP contribution in [0.5, 0.6) is 0 Å². The molecule has 5 nitrogen and oxygen atoms in total. The Hall–Kier alpha value is -2.69. The van der Waals surface area contributed by atoms with Gasteiger partial charge in [0.15, 0.2) is 5.82 Å². The summed E-state index contributed by atoms with van der Waals surface area (Å²) in [6, 6.07) is 12.6. The van der Waals surface area contributed by atoms with E-state index >= 15 is 0 Å². The lowest BCUT2D eigenvalue weighted by atomic mass is 10.2. The quantitative estimate of drug-likeness (QED) is 0.254. The summed E-state index contributed by atoms with van der Waals surface area (Å²) < 4.78 is 38.2. The van der Waals surface area contributed by atoms with Gasteiger partial charge >= 0.3 is 6.18 Å². The molecule has 3 heterocycles. The first-order chi connectivity index (χ1) is 15.2. The zero-order chi connectivity index (χ0) is 22.9. The number of halogens is 4. The van der Waals surface area contributed by atoms with Crippen molar-refractivity contribution in [1.29, 1.82) is 0 Å². The molecule has 0 atom stereocenters. The molecular weight excluding hydrogens is 481 g/mol. The first-order valence-electron chi connectivity index (χ1n) is 9.19. The maximum absolute atomic E-state index is 12.7. The van der Waals surface area contributed by atoms with Gasteiger partial charge in [0.25, 0.3) is 0 Å². The number of aromatic nitrogens is 3. The Kier molecular flexibility index (Phi) is 6.36. The molecule has 164 valence electrons. The number of thiophene rings is 1. The molecule has 0 aliphatic carbocycles. The van der Waals surface area contributed by atoms with Gasteiger partial charge in [-0.2, -0.15) is 13.2 Å². The number of hydrogen-bond donors (Lipinski definition) is 1. The van der Waals surface area contributed by atoms with Gasteiger partial charge in [-0.25, -0.2) is 15.0 Å². The minimum atomic E-state index is -4.57. The fourth-order valence-electron chi connectivity index (χ4n) is 2.84. The van der Waals surface area contributed by atoms with Crippen LogP contribution in [0.15, 0.2) is 53.7 Å². The lowest BCUT2D eigenvalue weighted by molar-refractivity contribution is -0.137. The van der Waals surface area contributed by atoms with Crippen LogP contribution < -0.4 is 5.32 Å². The molecule has 0 saturated carbocycles. The maximum Gasteiger partial charge on any atom is 0.417 e. The number of rotatable bonds is 5. The van der Waals surface area contributed by atoms with Crippen LogP contribution in [0, 0.1) is 6.92 Å². The molecule has 0 bridgehead atoms. The number of fused-ring (bicyclic) bond motifs is 1. The van der Waals surface area contributed by atoms with E-state index in [9.17, 15) is 18.0 Å². The number of alkyl halides is 3. The Morgan fingerprint density at radius 3 is 2.62 bits per heavy atom. The molecule has 0 unspecified atom stereocenters. The predicted molar refractivity (Wildman–Crippen MR) is 121 cm³/mol. The van der Waals surface area contributed by atoms with E-state index in [4.69, 9.17) is 11.6 Å². The second-order valence-electron chi connectivity index (χ2n) is 6.66. The summed E-state index contributed by atoms with van der Waals surface area (Å²) in [6.07, 6.45) is -3.94. The molecule has 11 heteroatoms. The van der Waals surface area contributed by atoms with Crippen LogP contribution in [0.3, 0.4) is 0 Å². The van der Waals surface area contributed by atoms with Gasteiger partial charge in [-0.1, -0.05) is 53.7 Å². The highest BCUT2D eigenvalue weighted by Crippen LogP contribution is 2.37. The van der Waals surface area contributed by atoms with Gasteiger partial charge in [-0.3, -0.25) is 4.79 Å². The third kappa shape index (κ3) is 5.03. The Bertz CT molecular complexity index is 1300. The average molecular weight is 495 g/mol. The highest BCUT2D eigenvalue weighted by atomic mass is 35.5. The Balaban J connectivity index is 1.50. The van der Waals surface area contributed by atoms with Crippen LogP contribution in [-0.2, 0) is 11.0 Å². The monoisotopic (exact) mass is 494 g/mol. The van der Waals surface area contributed by atoms with Crippen molar-refractivity contribution in [3.8, 4) is 10.4 Å². The van der Waals surface area contributed by atoms with Gasteiger partial charge in [-0.05, 0) is 24.6 Å². The molecule has 32 heavy (non-hydrogen) atoms. The lowest BCUT2D eigenvalue weighted by Gasteiger charge is -2.10. The second-order valence-corrected chi connectivity index (χ2v) is 9.06. The molecule has 0 aliphatic heterocycles. The molecule has 1 aromatic carbocycles. The summed E-state index contributed by atoms with van der Waals surface area (Å²) in [5.41, 5.74) is 0.0743. The Labute approximate surface area is 194 Å². The minimum Gasteiger partial charge on any atom is -0.309 e. The third-order valence-electron chi connectivity index (χ3n) is 4.29. The van der Waals surface area contributed by atoms with Crippen molar-refractivity contribution in [3.05, 3.63) is 65.1 Å². The fraction of sp³-hybridized carbons (Fsp3) is 0.143. The zero-order valence-corrected chi connectivity index (χ0v) is 18.8. The van der Waals surface area contributed by atoms with Crippen molar-refractivity contribution in [3.63, 3.8) is 0 Å². The molecule has 4 rings (SSSR count). The number of benzene rings is 1. The number of carbonyl (C=O) groups excluding carboxylic acids is 1. The summed E-state index contributed by atoms with van der Waals surface area (Å²) in [7, 11) is 0. The summed E-state index contributed by atoms with van der Waals surface area (Å²) >= 11 is 8.60. The lowest BCUT2D eigenvalue weighted by Crippen LogP contribution is -2.16. The van der Waals surface area contributed by atoms with Crippen LogP contribution in [0.1, 0.15) is 11.4 Å². The highest BCUT2D eigenvalue weighted by Gasteiger charge is 2.31. The first-order valence-corrected chi connectivity index (χ1v) is 11.4. The van der Waals surface area contributed by atoms with Gasteiger partial charge in [0.05, 0.1) is 16.3 Å². The first kappa shape index (κ1) is 22.5. The normalized spacial score (nSPS) is 11.7. The minimum absolute atomic E-state index is 0.0267. The number of hydrogen-bond acceptors (Lipinski definition) is 6. The number of anilines is 1. The SMILES string of the molecule is Cc1nc(SCC(=O)Nc2ncc(C(F)(F)F)cc2Cl)c2cc(-c3ccccc3)sc2n1. The predicted octanol–water partition coefficient (Wildman–Crippen LogP) is 6.46. The van der Waals surface area contributed by atoms with E-state index in [-0.39, 0.29) is 16.6 Å². The van der Waals surface area contributed by atoms with Crippen molar-refractivity contribution in [2.24, 2.45) is 0 Å². The van der Waals surface area contributed by atoms with Crippen molar-refractivity contribution >= 4 is 56.6 Å². The van der Waals surface area contributed by atoms with Crippen LogP contribution in [0.2, 0.25) is 5.02 Å². The van der Waals surface area contributed by atoms with Crippen molar-refractivity contribution in [1.82, 2.24) is 15.0 Å². The Morgan fingerprint density at radius 2 is 1.94 bits per heavy atom. The topological polar surface area (TPSA) is 67.8 Å². The van der Waals surface area contributed by atoms with Gasteiger partial charge in [-0.15, -0.1) is 11.3 Å². The number of carbonyl (C=O) groups is 1. The van der Waals surface area contributed by atoms with Gasteiger partial charge < -0.3 is 5.32 Å². The molecule has 0 aliphatic rings. The molecule has 4 aromatic rings. The second kappa shape index (κ2) is 9.05. The van der Waals surface area contributed by atoms with E-state index in [1.54, 1.807) is 6.92 Å². The fourth-order valence-corrected chi connectivity index (χ4v) is 5.05. The molecule has 1 N–H and O–H groups in total. The number of nitrogens with one attached hydrogen (secondary N) is 1. The summed E-state index contributed by atoms with van der Waals surface area (Å²) in [5.74, 6) is -0.0428. The highest BCUT2D eigenvalue weighted by molar-refractivity contribution is 8.00. The number of thioether (sulfide) groups is 1. The number of nitrogens with zero attached hydrogens (tertiary/aromatic N) is 3. The van der Waals surface area contributed by atoms with Crippen LogP contribution in [0.4, 0.5) is 19.0 Å². The van der Waals surface area contributed by atoms with Crippen LogP contribution >= 0.6 is 34.7 Å². The van der Waals surface area contributed by atoms with Gasteiger partial charge in [0.2, 0.25) is 5.91 Å². The largest absolute Gasteiger partial charge is 0.417 e. The average Bonchev–Trinajstić information content (AvgIpc) is 3.17. The van der Waals surface area contributed by atoms with Crippen molar-refractivity contribution in [2.45, 2.75) is 18.1 Å². The van der Waals surface area contributed by atoms with E-state index in [2.05, 4.69) is 20.3 Å². The van der Waals surface area contributed by atoms with Crippen LogP contribution in [0.25, 0.3) is 20.7 Å². The smallest absolute Gasteiger partial charge is 0.309 e. The van der Waals surface area contributed by atoms with Gasteiger partial charge in [0, 0.05) is 16.5 Å². The van der Waals surface area contributed by atoms with Gasteiger partial charge in [0.1, 0.15) is 15.7 Å². The van der Waals surface area contributed by atoms with E-state index in [1.807, 2.05) is 36.4 Å². The standard InChI is InChI=1S/C21H14ClF3N4OS2/c1-11-27-19(14-8-16(32-20(14)28-11)12-5-3-2-4-6-12)31-10-17(30)29-18-15(22)7-13(9-26-18)21(23,24)25/h2-9H,10H2,1H3,(H,26,29,30). The maximum atomic E-state index is 12.7. The number of pyridine rings is 1. The number of amides is 1. The molecule has 3 aromatic heterocycles. The van der Waals surface area contributed by atoms with E-state index in [1.165, 1.54) is 23.1 Å². The summed E-state index contributed by atoms with van der Waals surface area (Å²) in [4.78, 5) is 26.8. The van der Waals surface area contributed by atoms with E-state index in [0.29, 0.717) is 17.0 Å². The van der Waals surface area contributed by atoms with E-state index < -0.39 is 17.6 Å². The Morgan fingerprint density at radius 1 is 1.19 bits per heavy atom. The summed E-state index contributed by atoms with van der Waals surface area (Å²) in [5, 5.41) is 3.64. The summed E-state index contributed by atoms with van der Waals surface area (Å²) in [6.45, 7) is 1.78. The number of aryl methyl sites for hydroxylation is 1. The van der Waals surface area contributed by atoms with E-state index in [0.717, 1.165) is 26.7 Å². The third-order valence-corrected chi connectivity index (χ3v) is 6.65. The zero-order valence-electron chi connectivity index (χ0n) is 16.4. The van der Waals surface area contributed by atoms with Crippen molar-refractivity contribution in [2.75, 3.05) is 11.1 Å². The van der Waals surface area contributed by atoms with Crippen LogP contribution in [-0.4, -0.2) is 26.6 Å². The molecule has 1 amide bonds. The molecule has 0 spiro atoms. The molecular formula is C21H14ClF3N4OS2. The molecule has 0 radical (unpaired) electrons.